The summed E-state index contributed by atoms with van der Waals surface area (Å²) < 4.78 is 0.880. The van der Waals surface area contributed by atoms with Gasteiger partial charge in [0.25, 0.3) is 0 Å². The smallest absolute Gasteiger partial charge is 0.326 e. The maximum Gasteiger partial charge on any atom is 0.326 e. The molecule has 0 aliphatic rings. The Hall–Kier alpha value is -1.56. The largest absolute Gasteiger partial charge is 0.480 e. The normalized spacial score (nSPS) is 11.7. The number of benzene rings is 1. The fourth-order valence-electron chi connectivity index (χ4n) is 1.40. The van der Waals surface area contributed by atoms with Gasteiger partial charge in [0, 0.05) is 10.2 Å². The molecule has 0 aliphatic heterocycles. The zero-order chi connectivity index (χ0) is 13.7. The van der Waals surface area contributed by atoms with Gasteiger partial charge in [0.1, 0.15) is 6.04 Å². The number of anilines is 1. The first kappa shape index (κ1) is 14.5. The Morgan fingerprint density at radius 1 is 1.44 bits per heavy atom. The second-order valence-corrected chi connectivity index (χ2v) is 4.66. The molecule has 0 bridgehead atoms. The van der Waals surface area contributed by atoms with Gasteiger partial charge < -0.3 is 15.7 Å². The molecule has 1 rings (SSSR count). The molecule has 0 spiro atoms. The maximum absolute atomic E-state index is 11.6. The molecule has 3 N–H and O–H groups in total. The first-order valence-corrected chi connectivity index (χ1v) is 6.30. The van der Waals surface area contributed by atoms with Crippen molar-refractivity contribution in [3.8, 4) is 0 Å². The van der Waals surface area contributed by atoms with Gasteiger partial charge in [0.15, 0.2) is 0 Å². The van der Waals surface area contributed by atoms with Crippen LogP contribution in [-0.4, -0.2) is 23.1 Å². The van der Waals surface area contributed by atoms with Gasteiger partial charge in [-0.3, -0.25) is 0 Å². The molecule has 0 radical (unpaired) electrons. The highest BCUT2D eigenvalue weighted by atomic mass is 79.9. The maximum atomic E-state index is 11.6. The summed E-state index contributed by atoms with van der Waals surface area (Å²) in [5.41, 5.74) is 1.53. The van der Waals surface area contributed by atoms with Crippen LogP contribution in [0.15, 0.2) is 22.7 Å². The average molecular weight is 315 g/mol. The zero-order valence-corrected chi connectivity index (χ0v) is 11.7. The summed E-state index contributed by atoms with van der Waals surface area (Å²) in [6.07, 6.45) is 0.334. The van der Waals surface area contributed by atoms with Crippen molar-refractivity contribution in [3.05, 3.63) is 28.2 Å². The number of hydrogen-bond donors (Lipinski definition) is 3. The standard InChI is InChI=1S/C12H15BrN2O3/c1-3-9(11(16)17)14-12(18)15-10-6-4-5-8(13)7(10)2/h4-6,9H,3H2,1-2H3,(H,16,17)(H2,14,15,18)/t9-/m1/s1. The molecule has 0 heterocycles. The highest BCUT2D eigenvalue weighted by molar-refractivity contribution is 9.10. The Kier molecular flexibility index (Phi) is 5.15. The number of rotatable bonds is 4. The lowest BCUT2D eigenvalue weighted by molar-refractivity contribution is -0.139. The number of aliphatic carboxylic acids is 1. The molecular formula is C12H15BrN2O3. The third-order valence-electron chi connectivity index (χ3n) is 2.53. The van der Waals surface area contributed by atoms with Gasteiger partial charge >= 0.3 is 12.0 Å². The van der Waals surface area contributed by atoms with E-state index in [-0.39, 0.29) is 0 Å². The van der Waals surface area contributed by atoms with Crippen molar-refractivity contribution >= 4 is 33.6 Å². The van der Waals surface area contributed by atoms with E-state index in [0.29, 0.717) is 12.1 Å². The lowest BCUT2D eigenvalue weighted by Gasteiger charge is -2.14. The van der Waals surface area contributed by atoms with E-state index >= 15 is 0 Å². The molecule has 0 saturated heterocycles. The minimum Gasteiger partial charge on any atom is -0.480 e. The fraction of sp³-hybridized carbons (Fsp3) is 0.333. The van der Waals surface area contributed by atoms with E-state index < -0.39 is 18.0 Å². The number of carbonyl (C=O) groups excluding carboxylic acids is 1. The summed E-state index contributed by atoms with van der Waals surface area (Å²) in [6, 6.07) is 4.01. The number of urea groups is 1. The van der Waals surface area contributed by atoms with Crippen LogP contribution in [0, 0.1) is 6.92 Å². The molecule has 6 heteroatoms. The zero-order valence-electron chi connectivity index (χ0n) is 10.2. The summed E-state index contributed by atoms with van der Waals surface area (Å²) in [5.74, 6) is -1.04. The predicted molar refractivity (Wildman–Crippen MR) is 72.7 cm³/mol. The first-order valence-electron chi connectivity index (χ1n) is 5.51. The predicted octanol–water partition coefficient (Wildman–Crippen LogP) is 2.74. The van der Waals surface area contributed by atoms with E-state index in [1.54, 1.807) is 19.1 Å². The Labute approximate surface area is 114 Å². The third kappa shape index (κ3) is 3.73. The van der Waals surface area contributed by atoms with Crippen molar-refractivity contribution in [1.82, 2.24) is 5.32 Å². The molecular weight excluding hydrogens is 300 g/mol. The van der Waals surface area contributed by atoms with Gasteiger partial charge in [0.05, 0.1) is 0 Å². The van der Waals surface area contributed by atoms with Crippen LogP contribution in [-0.2, 0) is 4.79 Å². The van der Waals surface area contributed by atoms with E-state index in [2.05, 4.69) is 26.6 Å². The Morgan fingerprint density at radius 2 is 2.11 bits per heavy atom. The number of halogens is 1. The Bertz CT molecular complexity index is 463. The van der Waals surface area contributed by atoms with E-state index in [9.17, 15) is 9.59 Å². The number of carboxylic acids is 1. The van der Waals surface area contributed by atoms with Crippen LogP contribution in [0.25, 0.3) is 0 Å². The van der Waals surface area contributed by atoms with Crippen LogP contribution < -0.4 is 10.6 Å². The van der Waals surface area contributed by atoms with Crippen LogP contribution in [0.1, 0.15) is 18.9 Å². The van der Waals surface area contributed by atoms with Crippen LogP contribution >= 0.6 is 15.9 Å². The van der Waals surface area contributed by atoms with Crippen LogP contribution in [0.3, 0.4) is 0 Å². The van der Waals surface area contributed by atoms with E-state index in [1.165, 1.54) is 0 Å². The van der Waals surface area contributed by atoms with Gasteiger partial charge in [-0.15, -0.1) is 0 Å². The van der Waals surface area contributed by atoms with Crippen LogP contribution in [0.4, 0.5) is 10.5 Å². The topological polar surface area (TPSA) is 78.4 Å². The highest BCUT2D eigenvalue weighted by Crippen LogP contribution is 2.23. The summed E-state index contributed by atoms with van der Waals surface area (Å²) in [4.78, 5) is 22.4. The first-order chi connectivity index (χ1) is 8.45. The van der Waals surface area contributed by atoms with Crippen molar-refractivity contribution in [2.45, 2.75) is 26.3 Å². The molecule has 1 aromatic carbocycles. The number of carbonyl (C=O) groups is 2. The molecule has 1 atom stereocenters. The summed E-state index contributed by atoms with van der Waals surface area (Å²) in [5, 5.41) is 13.9. The van der Waals surface area contributed by atoms with Gasteiger partial charge in [-0.1, -0.05) is 28.9 Å². The molecule has 2 amide bonds. The van der Waals surface area contributed by atoms with E-state index in [4.69, 9.17) is 5.11 Å². The van der Waals surface area contributed by atoms with Crippen LogP contribution in [0.2, 0.25) is 0 Å². The van der Waals surface area contributed by atoms with Gasteiger partial charge in [0.2, 0.25) is 0 Å². The SMILES string of the molecule is CC[C@@H](NC(=O)Nc1cccc(Br)c1C)C(=O)O. The van der Waals surface area contributed by atoms with Crippen molar-refractivity contribution in [1.29, 1.82) is 0 Å². The van der Waals surface area contributed by atoms with Gasteiger partial charge in [-0.25, -0.2) is 9.59 Å². The van der Waals surface area contributed by atoms with E-state index in [0.717, 1.165) is 10.0 Å². The number of nitrogens with one attached hydrogen (secondary N) is 2. The average Bonchev–Trinajstić information content (AvgIpc) is 2.31. The minimum atomic E-state index is -1.04. The van der Waals surface area contributed by atoms with Crippen molar-refractivity contribution in [2.24, 2.45) is 0 Å². The number of carboxylic acid groups (broad SMARTS) is 1. The summed E-state index contributed by atoms with van der Waals surface area (Å²) >= 11 is 3.36. The molecule has 0 saturated carbocycles. The summed E-state index contributed by atoms with van der Waals surface area (Å²) in [6.45, 7) is 3.55. The van der Waals surface area contributed by atoms with E-state index in [1.807, 2.05) is 13.0 Å². The Morgan fingerprint density at radius 3 is 2.67 bits per heavy atom. The lowest BCUT2D eigenvalue weighted by Crippen LogP contribution is -2.42. The van der Waals surface area contributed by atoms with Gasteiger partial charge in [-0.05, 0) is 31.0 Å². The fourth-order valence-corrected chi connectivity index (χ4v) is 1.76. The van der Waals surface area contributed by atoms with Crippen molar-refractivity contribution in [3.63, 3.8) is 0 Å². The molecule has 0 aromatic heterocycles. The number of amides is 2. The highest BCUT2D eigenvalue weighted by Gasteiger charge is 2.17. The lowest BCUT2D eigenvalue weighted by atomic mass is 10.2. The quantitative estimate of drug-likeness (QED) is 0.799. The number of hydrogen-bond acceptors (Lipinski definition) is 2. The minimum absolute atomic E-state index is 0.334. The molecule has 18 heavy (non-hydrogen) atoms. The summed E-state index contributed by atoms with van der Waals surface area (Å²) in [7, 11) is 0. The molecule has 0 unspecified atom stereocenters. The Balaban J connectivity index is 2.70. The molecule has 0 aliphatic carbocycles. The molecule has 5 nitrogen and oxygen atoms in total. The second-order valence-electron chi connectivity index (χ2n) is 3.81. The van der Waals surface area contributed by atoms with Gasteiger partial charge in [-0.2, -0.15) is 0 Å². The molecule has 0 fully saturated rings. The second kappa shape index (κ2) is 6.39. The van der Waals surface area contributed by atoms with Crippen LogP contribution in [0.5, 0.6) is 0 Å². The molecule has 98 valence electrons. The van der Waals surface area contributed by atoms with Crippen molar-refractivity contribution < 1.29 is 14.7 Å². The molecule has 1 aromatic rings. The third-order valence-corrected chi connectivity index (χ3v) is 3.39. The van der Waals surface area contributed by atoms with Crippen molar-refractivity contribution in [2.75, 3.05) is 5.32 Å². The monoisotopic (exact) mass is 314 g/mol.